The summed E-state index contributed by atoms with van der Waals surface area (Å²) in [5, 5.41) is 30.1. The third kappa shape index (κ3) is 9.23. The van der Waals surface area contributed by atoms with Crippen molar-refractivity contribution < 1.29 is 44.0 Å². The van der Waals surface area contributed by atoms with Gasteiger partial charge in [-0.25, -0.2) is 9.59 Å². The van der Waals surface area contributed by atoms with Gasteiger partial charge in [-0.2, -0.15) is 0 Å². The molecule has 0 spiro atoms. The van der Waals surface area contributed by atoms with E-state index in [-0.39, 0.29) is 0 Å². The van der Waals surface area contributed by atoms with E-state index in [9.17, 15) is 24.0 Å². The van der Waals surface area contributed by atoms with Crippen molar-refractivity contribution >= 4 is 29.9 Å². The number of hydrogen-bond acceptors (Lipinski definition) is 6. The molecule has 0 unspecified atom stereocenters. The lowest BCUT2D eigenvalue weighted by Crippen LogP contribution is -2.53. The minimum absolute atomic E-state index is 0.843. The van der Waals surface area contributed by atoms with Crippen LogP contribution in [0.1, 0.15) is 33.6 Å². The zero-order valence-electron chi connectivity index (χ0n) is 13.4. The third-order valence-corrected chi connectivity index (χ3v) is 2.38. The van der Waals surface area contributed by atoms with Crippen molar-refractivity contribution in [3.8, 4) is 0 Å². The largest absolute Gasteiger partial charge is 0.481 e. The summed E-state index contributed by atoms with van der Waals surface area (Å²) in [6.45, 7) is 4.64. The van der Waals surface area contributed by atoms with Gasteiger partial charge < -0.3 is 30.7 Å². The molecular weight excluding hydrogens is 328 g/mol. The average Bonchev–Trinajstić information content (AvgIpc) is 2.33. The number of carboxylic acid groups (broad SMARTS) is 3. The van der Waals surface area contributed by atoms with E-state index in [0.717, 1.165) is 0 Å². The number of aliphatic carboxylic acids is 3. The van der Waals surface area contributed by atoms with Gasteiger partial charge in [0.05, 0.1) is 12.8 Å². The summed E-state index contributed by atoms with van der Waals surface area (Å²) in [7, 11) is 0. The van der Waals surface area contributed by atoms with Gasteiger partial charge in [-0.1, -0.05) is 0 Å². The Balaban J connectivity index is 5.05. The molecule has 0 fully saturated rings. The second kappa shape index (κ2) is 8.70. The van der Waals surface area contributed by atoms with Crippen molar-refractivity contribution in [3.05, 3.63) is 0 Å². The monoisotopic (exact) mass is 348 g/mol. The topological polar surface area (TPSA) is 179 Å². The first-order chi connectivity index (χ1) is 10.8. The van der Waals surface area contributed by atoms with Crippen molar-refractivity contribution in [1.82, 2.24) is 10.6 Å². The van der Waals surface area contributed by atoms with Gasteiger partial charge in [-0.05, 0) is 20.8 Å². The highest BCUT2D eigenvalue weighted by Crippen LogP contribution is 2.07. The van der Waals surface area contributed by atoms with E-state index < -0.39 is 60.4 Å². The number of carboxylic acids is 3. The van der Waals surface area contributed by atoms with Crippen LogP contribution in [0.5, 0.6) is 0 Å². The Labute approximate surface area is 137 Å². The van der Waals surface area contributed by atoms with Gasteiger partial charge in [0.2, 0.25) is 5.91 Å². The summed E-state index contributed by atoms with van der Waals surface area (Å²) in [6, 6.07) is -3.40. The molecule has 11 heteroatoms. The van der Waals surface area contributed by atoms with Gasteiger partial charge in [0, 0.05) is 0 Å². The summed E-state index contributed by atoms with van der Waals surface area (Å²) in [5.74, 6) is -5.68. The lowest BCUT2D eigenvalue weighted by molar-refractivity contribution is -0.147. The van der Waals surface area contributed by atoms with Crippen molar-refractivity contribution in [1.29, 1.82) is 0 Å². The first-order valence-electron chi connectivity index (χ1n) is 6.78. The highest BCUT2D eigenvalue weighted by molar-refractivity contribution is 5.92. The second-order valence-corrected chi connectivity index (χ2v) is 5.79. The van der Waals surface area contributed by atoms with E-state index >= 15 is 0 Å². The van der Waals surface area contributed by atoms with Gasteiger partial charge in [0.1, 0.15) is 17.7 Å². The molecule has 0 bridgehead atoms. The molecule has 0 radical (unpaired) electrons. The molecule has 2 atom stereocenters. The Morgan fingerprint density at radius 1 is 0.875 bits per heavy atom. The lowest BCUT2D eigenvalue weighted by Gasteiger charge is -2.23. The molecule has 0 aromatic heterocycles. The Morgan fingerprint density at radius 2 is 1.33 bits per heavy atom. The standard InChI is InChI=1S/C13H20N2O9/c1-13(2,3)24-12(23)15-6(4-8(16)17)10(20)14-7(11(21)22)5-9(18)19/h6-7H,4-5H2,1-3H3,(H,14,20)(H,15,23)(H,16,17)(H,18,19)(H,21,22)/t6-,7-/m0/s1. The third-order valence-electron chi connectivity index (χ3n) is 2.38. The van der Waals surface area contributed by atoms with Crippen LogP contribution in [0.4, 0.5) is 4.79 Å². The summed E-state index contributed by atoms with van der Waals surface area (Å²) in [4.78, 5) is 55.9. The maximum atomic E-state index is 12.0. The SMILES string of the molecule is CC(C)(C)OC(=O)N[C@@H](CC(=O)O)C(=O)N[C@@H](CC(=O)O)C(=O)O. The first kappa shape index (κ1) is 21.1. The normalized spacial score (nSPS) is 13.3. The second-order valence-electron chi connectivity index (χ2n) is 5.79. The smallest absolute Gasteiger partial charge is 0.408 e. The van der Waals surface area contributed by atoms with Gasteiger partial charge in [-0.15, -0.1) is 0 Å². The predicted molar refractivity (Wildman–Crippen MR) is 77.2 cm³/mol. The predicted octanol–water partition coefficient (Wildman–Crippen LogP) is -0.601. The van der Waals surface area contributed by atoms with Crippen LogP contribution in [0, 0.1) is 0 Å². The molecular formula is C13H20N2O9. The first-order valence-corrected chi connectivity index (χ1v) is 6.78. The van der Waals surface area contributed by atoms with Crippen LogP contribution in [0.2, 0.25) is 0 Å². The van der Waals surface area contributed by atoms with Crippen molar-refractivity contribution in [3.63, 3.8) is 0 Å². The molecule has 11 nitrogen and oxygen atoms in total. The van der Waals surface area contributed by atoms with E-state index in [1.165, 1.54) is 0 Å². The molecule has 5 N–H and O–H groups in total. The number of ether oxygens (including phenoxy) is 1. The van der Waals surface area contributed by atoms with Crippen molar-refractivity contribution in [2.45, 2.75) is 51.3 Å². The summed E-state index contributed by atoms with van der Waals surface area (Å²) in [5.41, 5.74) is -0.902. The quantitative estimate of drug-likeness (QED) is 0.382. The van der Waals surface area contributed by atoms with Gasteiger partial charge >= 0.3 is 24.0 Å². The molecule has 2 amide bonds. The van der Waals surface area contributed by atoms with Crippen LogP contribution in [0.25, 0.3) is 0 Å². The number of amides is 2. The van der Waals surface area contributed by atoms with Crippen LogP contribution in [0.15, 0.2) is 0 Å². The summed E-state index contributed by atoms with van der Waals surface area (Å²) < 4.78 is 4.88. The molecule has 0 aliphatic rings. The summed E-state index contributed by atoms with van der Waals surface area (Å²) >= 11 is 0. The molecule has 0 heterocycles. The highest BCUT2D eigenvalue weighted by Gasteiger charge is 2.30. The fraction of sp³-hybridized carbons (Fsp3) is 0.615. The number of carbonyl (C=O) groups excluding carboxylic acids is 2. The zero-order chi connectivity index (χ0) is 19.1. The average molecular weight is 348 g/mol. The van der Waals surface area contributed by atoms with E-state index in [0.29, 0.717) is 0 Å². The van der Waals surface area contributed by atoms with Crippen LogP contribution in [-0.4, -0.2) is 62.9 Å². The minimum atomic E-state index is -1.77. The fourth-order valence-electron chi connectivity index (χ4n) is 1.48. The lowest BCUT2D eigenvalue weighted by atomic mass is 10.1. The Bertz CT molecular complexity index is 524. The maximum absolute atomic E-state index is 12.0. The highest BCUT2D eigenvalue weighted by atomic mass is 16.6. The molecule has 0 saturated heterocycles. The number of carbonyl (C=O) groups is 5. The molecule has 0 aliphatic carbocycles. The Morgan fingerprint density at radius 3 is 1.71 bits per heavy atom. The van der Waals surface area contributed by atoms with Crippen molar-refractivity contribution in [2.24, 2.45) is 0 Å². The molecule has 0 aliphatic heterocycles. The minimum Gasteiger partial charge on any atom is -0.481 e. The molecule has 24 heavy (non-hydrogen) atoms. The van der Waals surface area contributed by atoms with E-state index in [2.05, 4.69) is 0 Å². The number of rotatable bonds is 8. The van der Waals surface area contributed by atoms with Crippen LogP contribution in [0.3, 0.4) is 0 Å². The van der Waals surface area contributed by atoms with Gasteiger partial charge in [-0.3, -0.25) is 14.4 Å². The van der Waals surface area contributed by atoms with Crippen LogP contribution >= 0.6 is 0 Å². The molecule has 0 rings (SSSR count). The van der Waals surface area contributed by atoms with Gasteiger partial charge in [0.15, 0.2) is 0 Å². The molecule has 0 aromatic rings. The maximum Gasteiger partial charge on any atom is 0.408 e. The molecule has 0 aromatic carbocycles. The van der Waals surface area contributed by atoms with Crippen LogP contribution < -0.4 is 10.6 Å². The van der Waals surface area contributed by atoms with E-state index in [1.807, 2.05) is 10.6 Å². The Hall–Kier alpha value is -2.85. The summed E-state index contributed by atoms with van der Waals surface area (Å²) in [6.07, 6.45) is -2.83. The zero-order valence-corrected chi connectivity index (χ0v) is 13.4. The van der Waals surface area contributed by atoms with E-state index in [1.54, 1.807) is 20.8 Å². The van der Waals surface area contributed by atoms with Crippen LogP contribution in [-0.2, 0) is 23.9 Å². The molecule has 0 saturated carbocycles. The Kier molecular flexibility index (Phi) is 7.66. The van der Waals surface area contributed by atoms with E-state index in [4.69, 9.17) is 20.1 Å². The number of hydrogen-bond donors (Lipinski definition) is 5. The number of nitrogens with one attached hydrogen (secondary N) is 2. The van der Waals surface area contributed by atoms with Crippen molar-refractivity contribution in [2.75, 3.05) is 0 Å². The number of alkyl carbamates (subject to hydrolysis) is 1. The molecule has 136 valence electrons. The fourth-order valence-corrected chi connectivity index (χ4v) is 1.48. The van der Waals surface area contributed by atoms with Gasteiger partial charge in [0.25, 0.3) is 0 Å².